The zero-order chi connectivity index (χ0) is 19.4. The third-order valence-electron chi connectivity index (χ3n) is 5.18. The summed E-state index contributed by atoms with van der Waals surface area (Å²) in [5.41, 5.74) is 2.96. The molecule has 27 heavy (non-hydrogen) atoms. The van der Waals surface area contributed by atoms with E-state index < -0.39 is 10.0 Å². The fourth-order valence-electron chi connectivity index (χ4n) is 3.49. The quantitative estimate of drug-likeness (QED) is 0.796. The molecule has 0 aliphatic carbocycles. The van der Waals surface area contributed by atoms with Crippen LogP contribution in [0.4, 0.5) is 0 Å². The van der Waals surface area contributed by atoms with Crippen molar-refractivity contribution < 1.29 is 8.42 Å². The Labute approximate surface area is 161 Å². The molecule has 1 aliphatic rings. The van der Waals surface area contributed by atoms with E-state index in [1.165, 1.54) is 9.87 Å². The van der Waals surface area contributed by atoms with Gasteiger partial charge in [0.1, 0.15) is 6.04 Å². The lowest BCUT2D eigenvalue weighted by Crippen LogP contribution is -2.49. The first-order valence-corrected chi connectivity index (χ1v) is 10.7. The normalized spacial score (nSPS) is 17.4. The largest absolute Gasteiger partial charge is 0.282 e. The van der Waals surface area contributed by atoms with Gasteiger partial charge < -0.3 is 0 Å². The molecule has 1 saturated heterocycles. The van der Waals surface area contributed by atoms with Crippen molar-refractivity contribution in [3.05, 3.63) is 65.2 Å². The average molecular weight is 384 g/mol. The van der Waals surface area contributed by atoms with Crippen LogP contribution in [0.15, 0.2) is 53.4 Å². The summed E-state index contributed by atoms with van der Waals surface area (Å²) in [4.78, 5) is 2.43. The molecule has 0 bridgehead atoms. The Kier molecular flexibility index (Phi) is 5.95. The monoisotopic (exact) mass is 383 g/mol. The number of benzene rings is 2. The van der Waals surface area contributed by atoms with Crippen molar-refractivity contribution in [2.45, 2.75) is 31.2 Å². The second-order valence-electron chi connectivity index (χ2n) is 6.83. The van der Waals surface area contributed by atoms with E-state index in [-0.39, 0.29) is 6.04 Å². The van der Waals surface area contributed by atoms with Crippen LogP contribution in [-0.4, -0.2) is 43.8 Å². The van der Waals surface area contributed by atoms with Crippen LogP contribution in [-0.2, 0) is 16.4 Å². The molecule has 0 spiro atoms. The summed E-state index contributed by atoms with van der Waals surface area (Å²) in [6.07, 6.45) is 0.965. The van der Waals surface area contributed by atoms with E-state index in [1.807, 2.05) is 31.2 Å². The third-order valence-corrected chi connectivity index (χ3v) is 7.23. The predicted molar refractivity (Wildman–Crippen MR) is 106 cm³/mol. The summed E-state index contributed by atoms with van der Waals surface area (Å²) in [5, 5.41) is 9.67. The van der Waals surface area contributed by atoms with Gasteiger partial charge in [0.15, 0.2) is 0 Å². The van der Waals surface area contributed by atoms with Gasteiger partial charge in [0, 0.05) is 26.2 Å². The fourth-order valence-corrected chi connectivity index (χ4v) is 5.14. The molecule has 1 unspecified atom stereocenters. The van der Waals surface area contributed by atoms with Crippen LogP contribution >= 0.6 is 0 Å². The molecule has 6 heteroatoms. The molecule has 142 valence electrons. The molecule has 1 heterocycles. The molecule has 0 aromatic heterocycles. The summed E-state index contributed by atoms with van der Waals surface area (Å²) in [6, 6.07) is 17.2. The van der Waals surface area contributed by atoms with E-state index in [0.29, 0.717) is 31.1 Å². The van der Waals surface area contributed by atoms with Crippen molar-refractivity contribution in [1.29, 1.82) is 5.26 Å². The first kappa shape index (κ1) is 19.6. The minimum absolute atomic E-state index is 0.348. The minimum Gasteiger partial charge on any atom is -0.282 e. The topological polar surface area (TPSA) is 64.4 Å². The maximum Gasteiger partial charge on any atom is 0.243 e. The highest BCUT2D eigenvalue weighted by Crippen LogP contribution is 2.25. The summed E-state index contributed by atoms with van der Waals surface area (Å²) in [6.45, 7) is 5.78. The third kappa shape index (κ3) is 4.06. The Morgan fingerprint density at radius 2 is 1.67 bits per heavy atom. The van der Waals surface area contributed by atoms with Crippen molar-refractivity contribution in [2.75, 3.05) is 26.2 Å². The number of sulfonamides is 1. The molecule has 1 fully saturated rings. The van der Waals surface area contributed by atoms with Gasteiger partial charge in [0.05, 0.1) is 11.0 Å². The van der Waals surface area contributed by atoms with Gasteiger partial charge in [-0.05, 0) is 36.1 Å². The first-order valence-electron chi connectivity index (χ1n) is 9.25. The molecule has 0 saturated carbocycles. The van der Waals surface area contributed by atoms with Crippen LogP contribution in [0.25, 0.3) is 0 Å². The Hall–Kier alpha value is -2.20. The van der Waals surface area contributed by atoms with Crippen molar-refractivity contribution in [2.24, 2.45) is 0 Å². The van der Waals surface area contributed by atoms with Crippen molar-refractivity contribution in [1.82, 2.24) is 9.21 Å². The highest BCUT2D eigenvalue weighted by Gasteiger charge is 2.32. The maximum atomic E-state index is 12.9. The number of hydrogen-bond donors (Lipinski definition) is 0. The first-order chi connectivity index (χ1) is 13.0. The second-order valence-corrected chi connectivity index (χ2v) is 8.74. The van der Waals surface area contributed by atoms with Crippen molar-refractivity contribution in [3.8, 4) is 6.07 Å². The lowest BCUT2D eigenvalue weighted by molar-refractivity contribution is 0.162. The fraction of sp³-hybridized carbons (Fsp3) is 0.381. The van der Waals surface area contributed by atoms with E-state index in [4.69, 9.17) is 0 Å². The Morgan fingerprint density at radius 1 is 1.04 bits per heavy atom. The summed E-state index contributed by atoms with van der Waals surface area (Å²) < 4.78 is 27.4. The van der Waals surface area contributed by atoms with Gasteiger partial charge in [0.2, 0.25) is 10.0 Å². The van der Waals surface area contributed by atoms with Crippen LogP contribution in [0.1, 0.15) is 29.7 Å². The van der Waals surface area contributed by atoms with Gasteiger partial charge in [-0.1, -0.05) is 49.4 Å². The Bertz CT molecular complexity index is 925. The van der Waals surface area contributed by atoms with Crippen molar-refractivity contribution in [3.63, 3.8) is 0 Å². The molecular weight excluding hydrogens is 358 g/mol. The summed E-state index contributed by atoms with van der Waals surface area (Å²) in [7, 11) is -3.50. The molecule has 0 amide bonds. The molecule has 3 rings (SSSR count). The van der Waals surface area contributed by atoms with Crippen LogP contribution in [0.3, 0.4) is 0 Å². The molecule has 5 nitrogen and oxygen atoms in total. The van der Waals surface area contributed by atoms with Gasteiger partial charge in [0.25, 0.3) is 0 Å². The van der Waals surface area contributed by atoms with E-state index in [0.717, 1.165) is 17.5 Å². The van der Waals surface area contributed by atoms with Gasteiger partial charge in [-0.2, -0.15) is 9.57 Å². The van der Waals surface area contributed by atoms with E-state index in [9.17, 15) is 13.7 Å². The predicted octanol–water partition coefficient (Wildman–Crippen LogP) is 3.13. The van der Waals surface area contributed by atoms with Gasteiger partial charge in [-0.15, -0.1) is 0 Å². The number of rotatable bonds is 5. The van der Waals surface area contributed by atoms with E-state index >= 15 is 0 Å². The van der Waals surface area contributed by atoms with Crippen LogP contribution in [0.5, 0.6) is 0 Å². The van der Waals surface area contributed by atoms with Gasteiger partial charge >= 0.3 is 0 Å². The standard InChI is InChI=1S/C21H25N3O2S/c1-3-18-8-10-19(11-9-18)20(16-22)23-12-14-24(15-13-23)27(25,26)21-7-5-4-6-17(21)2/h4-11,20H,3,12-15H2,1-2H3. The molecule has 0 N–H and O–H groups in total. The number of nitriles is 1. The van der Waals surface area contributed by atoms with Crippen molar-refractivity contribution >= 4 is 10.0 Å². The molecule has 0 radical (unpaired) electrons. The maximum absolute atomic E-state index is 12.9. The Balaban J connectivity index is 1.72. The lowest BCUT2D eigenvalue weighted by Gasteiger charge is -2.36. The van der Waals surface area contributed by atoms with Crippen LogP contribution in [0, 0.1) is 18.3 Å². The SMILES string of the molecule is CCc1ccc(C(C#N)N2CCN(S(=O)(=O)c3ccccc3C)CC2)cc1. The molecule has 1 aliphatic heterocycles. The summed E-state index contributed by atoms with van der Waals surface area (Å²) >= 11 is 0. The minimum atomic E-state index is -3.50. The lowest BCUT2D eigenvalue weighted by atomic mass is 10.0. The highest BCUT2D eigenvalue weighted by atomic mass is 32.2. The van der Waals surface area contributed by atoms with E-state index in [1.54, 1.807) is 12.1 Å². The molecular formula is C21H25N3O2S. The van der Waals surface area contributed by atoms with E-state index in [2.05, 4.69) is 30.0 Å². The molecule has 2 aromatic carbocycles. The second kappa shape index (κ2) is 8.22. The Morgan fingerprint density at radius 3 is 2.22 bits per heavy atom. The van der Waals surface area contributed by atoms with Gasteiger partial charge in [-0.25, -0.2) is 8.42 Å². The number of aryl methyl sites for hydroxylation is 2. The van der Waals surface area contributed by atoms with Crippen LogP contribution in [0.2, 0.25) is 0 Å². The molecule has 2 aromatic rings. The van der Waals surface area contributed by atoms with Gasteiger partial charge in [-0.3, -0.25) is 4.90 Å². The highest BCUT2D eigenvalue weighted by molar-refractivity contribution is 7.89. The number of nitrogens with zero attached hydrogens (tertiary/aromatic N) is 3. The smallest absolute Gasteiger partial charge is 0.243 e. The number of piperazine rings is 1. The molecule has 1 atom stereocenters. The average Bonchev–Trinajstić information content (AvgIpc) is 2.70. The van der Waals surface area contributed by atoms with Crippen LogP contribution < -0.4 is 0 Å². The number of hydrogen-bond acceptors (Lipinski definition) is 4. The zero-order valence-electron chi connectivity index (χ0n) is 15.8. The zero-order valence-corrected chi connectivity index (χ0v) is 16.6. The summed E-state index contributed by atoms with van der Waals surface area (Å²) in [5.74, 6) is 0.